The lowest BCUT2D eigenvalue weighted by Crippen LogP contribution is -2.28. The van der Waals surface area contributed by atoms with Gasteiger partial charge in [0.2, 0.25) is 0 Å². The van der Waals surface area contributed by atoms with Crippen LogP contribution < -0.4 is 35.9 Å². The number of urea groups is 1. The number of anilines is 3. The minimum absolute atomic E-state index is 0.180. The second kappa shape index (κ2) is 13.1. The number of hydrogen-bond donors (Lipinski definition) is 4. The third kappa shape index (κ3) is 7.54. The Hall–Kier alpha value is -4.40. The molecular weight excluding hydrogens is 472 g/mol. The number of carbonyl (C=O) groups is 2. The van der Waals surface area contributed by atoms with Crippen LogP contribution in [0.2, 0.25) is 0 Å². The van der Waals surface area contributed by atoms with Crippen molar-refractivity contribution in [3.05, 3.63) is 71.3 Å². The van der Waals surface area contributed by atoms with Crippen LogP contribution in [-0.2, 0) is 6.54 Å². The van der Waals surface area contributed by atoms with Crippen molar-refractivity contribution in [2.75, 3.05) is 36.2 Å². The molecule has 0 aliphatic rings. The number of benzene rings is 3. The van der Waals surface area contributed by atoms with Crippen LogP contribution in [0.4, 0.5) is 21.9 Å². The second-order valence-corrected chi connectivity index (χ2v) is 8.14. The Bertz CT molecular complexity index is 1230. The van der Waals surface area contributed by atoms with Gasteiger partial charge in [0.1, 0.15) is 17.2 Å². The first kappa shape index (κ1) is 27.2. The molecule has 3 rings (SSSR count). The first-order valence-electron chi connectivity index (χ1n) is 12.2. The molecule has 0 unspecified atom stereocenters. The molecule has 0 aromatic heterocycles. The van der Waals surface area contributed by atoms with Gasteiger partial charge in [0, 0.05) is 29.5 Å². The van der Waals surface area contributed by atoms with Crippen molar-refractivity contribution in [3.8, 4) is 17.2 Å². The Morgan fingerprint density at radius 2 is 1.38 bits per heavy atom. The van der Waals surface area contributed by atoms with E-state index in [-0.39, 0.29) is 12.5 Å². The molecular formula is C28H34N4O5. The van der Waals surface area contributed by atoms with Gasteiger partial charge in [-0.15, -0.1) is 0 Å². The van der Waals surface area contributed by atoms with E-state index in [1.165, 1.54) is 0 Å². The van der Waals surface area contributed by atoms with E-state index in [0.29, 0.717) is 59.7 Å². The summed E-state index contributed by atoms with van der Waals surface area (Å²) in [6, 6.07) is 15.4. The maximum Gasteiger partial charge on any atom is 0.319 e. The van der Waals surface area contributed by atoms with E-state index in [9.17, 15) is 9.59 Å². The highest BCUT2D eigenvalue weighted by molar-refractivity contribution is 6.07. The number of nitrogens with one attached hydrogen (secondary N) is 3. The van der Waals surface area contributed by atoms with Gasteiger partial charge in [0.15, 0.2) is 0 Å². The number of aryl methyl sites for hydroxylation is 1. The number of amides is 3. The zero-order valence-corrected chi connectivity index (χ0v) is 21.6. The van der Waals surface area contributed by atoms with E-state index < -0.39 is 6.03 Å². The normalized spacial score (nSPS) is 10.4. The summed E-state index contributed by atoms with van der Waals surface area (Å²) in [5.41, 5.74) is 9.72. The average Bonchev–Trinajstić information content (AvgIpc) is 2.87. The minimum Gasteiger partial charge on any atom is -0.493 e. The zero-order chi connectivity index (χ0) is 26.8. The molecule has 0 heterocycles. The Morgan fingerprint density at radius 3 is 2.05 bits per heavy atom. The maximum absolute atomic E-state index is 13.0. The summed E-state index contributed by atoms with van der Waals surface area (Å²) in [6.07, 6.45) is 0. The van der Waals surface area contributed by atoms with Crippen molar-refractivity contribution in [2.45, 2.75) is 34.2 Å². The van der Waals surface area contributed by atoms with E-state index in [0.717, 1.165) is 11.1 Å². The van der Waals surface area contributed by atoms with Crippen LogP contribution in [0.1, 0.15) is 42.3 Å². The molecule has 0 atom stereocenters. The van der Waals surface area contributed by atoms with E-state index in [1.807, 2.05) is 52.0 Å². The van der Waals surface area contributed by atoms with Crippen LogP contribution >= 0.6 is 0 Å². The highest BCUT2D eigenvalue weighted by Gasteiger charge is 2.16. The summed E-state index contributed by atoms with van der Waals surface area (Å²) < 4.78 is 16.9. The third-order valence-corrected chi connectivity index (χ3v) is 5.32. The highest BCUT2D eigenvalue weighted by Crippen LogP contribution is 2.31. The van der Waals surface area contributed by atoms with Crippen LogP contribution in [0.3, 0.4) is 0 Å². The molecule has 5 N–H and O–H groups in total. The minimum atomic E-state index is -0.453. The van der Waals surface area contributed by atoms with Crippen molar-refractivity contribution < 1.29 is 23.8 Å². The molecule has 0 saturated carbocycles. The zero-order valence-electron chi connectivity index (χ0n) is 21.6. The van der Waals surface area contributed by atoms with Crippen LogP contribution in [0, 0.1) is 6.92 Å². The van der Waals surface area contributed by atoms with Gasteiger partial charge in [-0.2, -0.15) is 0 Å². The van der Waals surface area contributed by atoms with Gasteiger partial charge in [-0.25, -0.2) is 4.79 Å². The molecule has 0 aliphatic carbocycles. The van der Waals surface area contributed by atoms with Crippen molar-refractivity contribution in [3.63, 3.8) is 0 Å². The Kier molecular flexibility index (Phi) is 9.60. The van der Waals surface area contributed by atoms with Gasteiger partial charge in [0.05, 0.1) is 31.1 Å². The predicted octanol–water partition coefficient (Wildman–Crippen LogP) is 5.35. The summed E-state index contributed by atoms with van der Waals surface area (Å²) >= 11 is 0. The summed E-state index contributed by atoms with van der Waals surface area (Å²) in [5.74, 6) is 1.17. The molecule has 3 amide bonds. The van der Waals surface area contributed by atoms with Gasteiger partial charge in [-0.05, 0) is 64.1 Å². The maximum atomic E-state index is 13.0. The lowest BCUT2D eigenvalue weighted by atomic mass is 10.1. The van der Waals surface area contributed by atoms with Crippen molar-refractivity contribution >= 4 is 29.0 Å². The van der Waals surface area contributed by atoms with Gasteiger partial charge in [-0.3, -0.25) is 4.79 Å². The summed E-state index contributed by atoms with van der Waals surface area (Å²) in [6.45, 7) is 9.04. The number of nitrogens with two attached hydrogens (primary N) is 1. The lowest BCUT2D eigenvalue weighted by Gasteiger charge is -2.16. The Labute approximate surface area is 217 Å². The fourth-order valence-corrected chi connectivity index (χ4v) is 3.58. The quantitative estimate of drug-likeness (QED) is 0.260. The number of carbonyl (C=O) groups excluding carboxylic acids is 2. The number of hydrogen-bond acceptors (Lipinski definition) is 6. The largest absolute Gasteiger partial charge is 0.493 e. The first-order valence-corrected chi connectivity index (χ1v) is 12.2. The topological polar surface area (TPSA) is 124 Å². The summed E-state index contributed by atoms with van der Waals surface area (Å²) in [5, 5.41) is 8.45. The van der Waals surface area contributed by atoms with Gasteiger partial charge in [0.25, 0.3) is 5.91 Å². The molecule has 37 heavy (non-hydrogen) atoms. The van der Waals surface area contributed by atoms with Crippen LogP contribution in [0.25, 0.3) is 0 Å². The average molecular weight is 507 g/mol. The van der Waals surface area contributed by atoms with Crippen LogP contribution in [-0.4, -0.2) is 31.8 Å². The molecule has 9 nitrogen and oxygen atoms in total. The Balaban J connectivity index is 1.73. The second-order valence-electron chi connectivity index (χ2n) is 8.14. The van der Waals surface area contributed by atoms with Crippen molar-refractivity contribution in [1.29, 1.82) is 0 Å². The monoisotopic (exact) mass is 506 g/mol. The third-order valence-electron chi connectivity index (χ3n) is 5.32. The molecule has 0 saturated heterocycles. The lowest BCUT2D eigenvalue weighted by molar-refractivity contribution is 0.102. The van der Waals surface area contributed by atoms with Gasteiger partial charge in [-0.1, -0.05) is 17.7 Å². The van der Waals surface area contributed by atoms with Crippen molar-refractivity contribution in [2.24, 2.45) is 0 Å². The van der Waals surface area contributed by atoms with E-state index in [2.05, 4.69) is 16.0 Å². The van der Waals surface area contributed by atoms with Gasteiger partial charge < -0.3 is 35.9 Å². The number of ether oxygens (including phenoxy) is 3. The number of nitrogen functional groups attached to an aromatic ring is 1. The van der Waals surface area contributed by atoms with E-state index >= 15 is 0 Å². The molecule has 196 valence electrons. The molecule has 3 aromatic carbocycles. The summed E-state index contributed by atoms with van der Waals surface area (Å²) in [4.78, 5) is 25.7. The molecule has 9 heteroatoms. The van der Waals surface area contributed by atoms with Gasteiger partial charge >= 0.3 is 6.03 Å². The molecule has 0 bridgehead atoms. The first-order chi connectivity index (χ1) is 17.8. The Morgan fingerprint density at radius 1 is 0.757 bits per heavy atom. The molecule has 3 aromatic rings. The molecule has 0 fully saturated rings. The van der Waals surface area contributed by atoms with E-state index in [4.69, 9.17) is 19.9 Å². The van der Waals surface area contributed by atoms with Crippen LogP contribution in [0.5, 0.6) is 17.2 Å². The fourth-order valence-electron chi connectivity index (χ4n) is 3.58. The molecule has 0 spiro atoms. The summed E-state index contributed by atoms with van der Waals surface area (Å²) in [7, 11) is 0. The molecule has 0 radical (unpaired) electrons. The van der Waals surface area contributed by atoms with Crippen molar-refractivity contribution in [1.82, 2.24) is 5.32 Å². The predicted molar refractivity (Wildman–Crippen MR) is 146 cm³/mol. The smallest absolute Gasteiger partial charge is 0.319 e. The van der Waals surface area contributed by atoms with Crippen LogP contribution in [0.15, 0.2) is 54.6 Å². The SMILES string of the molecule is CCOc1cc(CNC(=O)Nc2ccc(OCC)c(C(=O)Nc3ccc(C)cc3)c2)c(OCC)cc1N. The standard InChI is InChI=1S/C28H34N4O5/c1-5-35-24-13-12-21(15-22(24)27(33)31-20-10-8-18(4)9-11-20)32-28(34)30-17-19-14-26(37-7-3)23(29)16-25(19)36-6-2/h8-16H,5-7,17,29H2,1-4H3,(H,31,33)(H2,30,32,34). The van der Waals surface area contributed by atoms with E-state index in [1.54, 1.807) is 30.3 Å². The molecule has 0 aliphatic heterocycles. The fraction of sp³-hybridized carbons (Fsp3) is 0.286. The highest BCUT2D eigenvalue weighted by atomic mass is 16.5. The number of rotatable bonds is 11.